The molecule has 0 fully saturated rings. The van der Waals surface area contributed by atoms with Crippen LogP contribution >= 0.6 is 0 Å². The van der Waals surface area contributed by atoms with E-state index in [1.165, 1.54) is 11.1 Å². The fourth-order valence-corrected chi connectivity index (χ4v) is 2.45. The Kier molecular flexibility index (Phi) is 5.65. The van der Waals surface area contributed by atoms with Crippen molar-refractivity contribution >= 4 is 11.6 Å². The minimum Gasteiger partial charge on any atom is -0.443 e. The highest BCUT2D eigenvalue weighted by Crippen LogP contribution is 2.23. The molecule has 0 spiro atoms. The molecule has 5 heteroatoms. The molecule has 0 aliphatic rings. The van der Waals surface area contributed by atoms with Crippen molar-refractivity contribution in [2.75, 3.05) is 5.32 Å². The standard InChI is InChI=1S/C19H28N4O/c1-6-13-9-8-10-14(7-2)17(13)23-18(20)22-12-16-21-11-15(24-16)19(3,4)5/h8-11H,6-7,12H2,1-5H3,(H3,20,22,23). The third kappa shape index (κ3) is 4.37. The summed E-state index contributed by atoms with van der Waals surface area (Å²) in [6, 6.07) is 6.30. The molecule has 0 bridgehead atoms. The molecule has 5 nitrogen and oxygen atoms in total. The molecule has 0 aliphatic carbocycles. The van der Waals surface area contributed by atoms with Crippen molar-refractivity contribution in [1.29, 1.82) is 0 Å². The quantitative estimate of drug-likeness (QED) is 0.642. The molecule has 0 radical (unpaired) electrons. The average Bonchev–Trinajstić information content (AvgIpc) is 3.02. The van der Waals surface area contributed by atoms with Gasteiger partial charge in [-0.25, -0.2) is 9.98 Å². The molecule has 0 saturated carbocycles. The summed E-state index contributed by atoms with van der Waals surface area (Å²) >= 11 is 0. The van der Waals surface area contributed by atoms with Crippen molar-refractivity contribution in [3.63, 3.8) is 0 Å². The van der Waals surface area contributed by atoms with Crippen molar-refractivity contribution < 1.29 is 4.42 Å². The predicted octanol–water partition coefficient (Wildman–Crippen LogP) is 4.02. The summed E-state index contributed by atoms with van der Waals surface area (Å²) in [5.41, 5.74) is 9.53. The van der Waals surface area contributed by atoms with Gasteiger partial charge in [0.2, 0.25) is 5.89 Å². The molecule has 0 aliphatic heterocycles. The zero-order chi connectivity index (χ0) is 17.7. The van der Waals surface area contributed by atoms with Crippen LogP contribution in [0.15, 0.2) is 33.8 Å². The molecule has 0 atom stereocenters. The predicted molar refractivity (Wildman–Crippen MR) is 99.4 cm³/mol. The van der Waals surface area contributed by atoms with Crippen molar-refractivity contribution in [2.24, 2.45) is 10.7 Å². The first kappa shape index (κ1) is 18.0. The number of aliphatic imine (C=N–C) groups is 1. The van der Waals surface area contributed by atoms with Gasteiger partial charge in [0.05, 0.1) is 6.20 Å². The van der Waals surface area contributed by atoms with Gasteiger partial charge < -0.3 is 15.5 Å². The fourth-order valence-electron chi connectivity index (χ4n) is 2.45. The first-order valence-electron chi connectivity index (χ1n) is 8.48. The molecule has 130 valence electrons. The topological polar surface area (TPSA) is 76.4 Å². The first-order valence-corrected chi connectivity index (χ1v) is 8.48. The van der Waals surface area contributed by atoms with Gasteiger partial charge in [-0.3, -0.25) is 0 Å². The number of anilines is 1. The van der Waals surface area contributed by atoms with Crippen molar-refractivity contribution in [1.82, 2.24) is 4.98 Å². The van der Waals surface area contributed by atoms with Crippen LogP contribution in [0.4, 0.5) is 5.69 Å². The summed E-state index contributed by atoms with van der Waals surface area (Å²) in [5, 5.41) is 3.25. The Morgan fingerprint density at radius 2 is 1.83 bits per heavy atom. The number of hydrogen-bond acceptors (Lipinski definition) is 3. The third-order valence-corrected chi connectivity index (χ3v) is 3.93. The van der Waals surface area contributed by atoms with E-state index in [4.69, 9.17) is 10.2 Å². The van der Waals surface area contributed by atoms with E-state index in [-0.39, 0.29) is 5.41 Å². The van der Waals surface area contributed by atoms with Crippen LogP contribution in [0.1, 0.15) is 57.4 Å². The Labute approximate surface area is 144 Å². The summed E-state index contributed by atoms with van der Waals surface area (Å²) in [6.45, 7) is 10.9. The van der Waals surface area contributed by atoms with Gasteiger partial charge in [0.15, 0.2) is 5.96 Å². The minimum absolute atomic E-state index is 0.0607. The Morgan fingerprint density at radius 3 is 2.33 bits per heavy atom. The van der Waals surface area contributed by atoms with Crippen LogP contribution in [0.25, 0.3) is 0 Å². The number of nitrogens with two attached hydrogens (primary N) is 1. The molecule has 2 rings (SSSR count). The van der Waals surface area contributed by atoms with Gasteiger partial charge in [-0.1, -0.05) is 52.8 Å². The maximum atomic E-state index is 6.06. The van der Waals surface area contributed by atoms with Gasteiger partial charge >= 0.3 is 0 Å². The number of nitrogens with zero attached hydrogens (tertiary/aromatic N) is 2. The summed E-state index contributed by atoms with van der Waals surface area (Å²) in [6.07, 6.45) is 3.65. The second kappa shape index (κ2) is 7.51. The van der Waals surface area contributed by atoms with Crippen molar-refractivity contribution in [2.45, 2.75) is 59.4 Å². The lowest BCUT2D eigenvalue weighted by atomic mass is 9.94. The Hall–Kier alpha value is -2.30. The number of oxazole rings is 1. The van der Waals surface area contributed by atoms with E-state index in [0.717, 1.165) is 24.3 Å². The van der Waals surface area contributed by atoms with Crippen LogP contribution in [-0.2, 0) is 24.8 Å². The lowest BCUT2D eigenvalue weighted by molar-refractivity contribution is 0.383. The molecule has 2 aromatic rings. The summed E-state index contributed by atoms with van der Waals surface area (Å²) in [5.74, 6) is 1.80. The van der Waals surface area contributed by atoms with Crippen LogP contribution in [-0.4, -0.2) is 10.9 Å². The van der Waals surface area contributed by atoms with Crippen molar-refractivity contribution in [3.8, 4) is 0 Å². The summed E-state index contributed by atoms with van der Waals surface area (Å²) in [4.78, 5) is 8.63. The van der Waals surface area contributed by atoms with Crippen LogP contribution in [0, 0.1) is 0 Å². The first-order chi connectivity index (χ1) is 11.3. The highest BCUT2D eigenvalue weighted by Gasteiger charge is 2.19. The smallest absolute Gasteiger partial charge is 0.216 e. The lowest BCUT2D eigenvalue weighted by Gasteiger charge is -2.14. The zero-order valence-corrected chi connectivity index (χ0v) is 15.3. The zero-order valence-electron chi connectivity index (χ0n) is 15.3. The van der Waals surface area contributed by atoms with E-state index in [9.17, 15) is 0 Å². The second-order valence-electron chi connectivity index (χ2n) is 6.85. The number of benzene rings is 1. The maximum Gasteiger partial charge on any atom is 0.216 e. The van der Waals surface area contributed by atoms with E-state index >= 15 is 0 Å². The molecule has 1 aromatic carbocycles. The maximum absolute atomic E-state index is 6.06. The third-order valence-electron chi connectivity index (χ3n) is 3.93. The normalized spacial score (nSPS) is 12.5. The number of aromatic nitrogens is 1. The Balaban J connectivity index is 2.11. The van der Waals surface area contributed by atoms with Crippen LogP contribution in [0.3, 0.4) is 0 Å². The number of nitrogens with one attached hydrogen (secondary N) is 1. The van der Waals surface area contributed by atoms with Gasteiger partial charge in [-0.2, -0.15) is 0 Å². The summed E-state index contributed by atoms with van der Waals surface area (Å²) in [7, 11) is 0. The van der Waals surface area contributed by atoms with Gasteiger partial charge in [-0.15, -0.1) is 0 Å². The van der Waals surface area contributed by atoms with E-state index in [0.29, 0.717) is 18.4 Å². The van der Waals surface area contributed by atoms with Crippen LogP contribution < -0.4 is 11.1 Å². The number of guanidine groups is 1. The second-order valence-corrected chi connectivity index (χ2v) is 6.85. The van der Waals surface area contributed by atoms with E-state index < -0.39 is 0 Å². The molecule has 0 amide bonds. The fraction of sp³-hybridized carbons (Fsp3) is 0.474. The van der Waals surface area contributed by atoms with E-state index in [1.807, 2.05) is 0 Å². The molecule has 1 heterocycles. The molecule has 0 unspecified atom stereocenters. The number of para-hydroxylation sites is 1. The number of rotatable bonds is 5. The molecular weight excluding hydrogens is 300 g/mol. The van der Waals surface area contributed by atoms with Gasteiger partial charge in [0.25, 0.3) is 0 Å². The molecule has 24 heavy (non-hydrogen) atoms. The average molecular weight is 328 g/mol. The highest BCUT2D eigenvalue weighted by molar-refractivity contribution is 5.93. The van der Waals surface area contributed by atoms with Crippen LogP contribution in [0.5, 0.6) is 0 Å². The minimum atomic E-state index is -0.0607. The number of aryl methyl sites for hydroxylation is 2. The largest absolute Gasteiger partial charge is 0.443 e. The van der Waals surface area contributed by atoms with Crippen molar-refractivity contribution in [3.05, 3.63) is 47.2 Å². The Bertz CT molecular complexity index is 688. The molecule has 1 aromatic heterocycles. The monoisotopic (exact) mass is 328 g/mol. The number of hydrogen-bond donors (Lipinski definition) is 2. The van der Waals surface area contributed by atoms with Gasteiger partial charge in [0, 0.05) is 11.1 Å². The van der Waals surface area contributed by atoms with Gasteiger partial charge in [0.1, 0.15) is 12.3 Å². The van der Waals surface area contributed by atoms with Crippen LogP contribution in [0.2, 0.25) is 0 Å². The Morgan fingerprint density at radius 1 is 1.21 bits per heavy atom. The molecule has 0 saturated heterocycles. The van der Waals surface area contributed by atoms with Gasteiger partial charge in [-0.05, 0) is 24.0 Å². The highest BCUT2D eigenvalue weighted by atomic mass is 16.4. The lowest BCUT2D eigenvalue weighted by Crippen LogP contribution is -2.24. The SMILES string of the molecule is CCc1cccc(CC)c1NC(N)=NCc1ncc(C(C)(C)C)o1. The molecule has 3 N–H and O–H groups in total. The molecular formula is C19H28N4O. The van der Waals surface area contributed by atoms with E-state index in [1.54, 1.807) is 6.20 Å². The van der Waals surface area contributed by atoms with E-state index in [2.05, 4.69) is 68.1 Å². The summed E-state index contributed by atoms with van der Waals surface area (Å²) < 4.78 is 5.74.